The monoisotopic (exact) mass is 185 g/mol. The molecule has 12 heavy (non-hydrogen) atoms. The second-order valence-corrected chi connectivity index (χ2v) is 3.59. The molecule has 1 aromatic heterocycles. The van der Waals surface area contributed by atoms with Crippen LogP contribution in [0.3, 0.4) is 0 Å². The van der Waals surface area contributed by atoms with E-state index >= 15 is 0 Å². The van der Waals surface area contributed by atoms with Crippen molar-refractivity contribution in [2.45, 2.75) is 19.8 Å². The van der Waals surface area contributed by atoms with Crippen LogP contribution in [-0.4, -0.2) is 16.1 Å². The highest BCUT2D eigenvalue weighted by Crippen LogP contribution is 2.15. The minimum Gasteiger partial charge on any atom is -0.481 e. The van der Waals surface area contributed by atoms with Gasteiger partial charge in [0.15, 0.2) is 0 Å². The van der Waals surface area contributed by atoms with Gasteiger partial charge in [0, 0.05) is 11.1 Å². The largest absolute Gasteiger partial charge is 0.481 e. The first kappa shape index (κ1) is 9.19. The van der Waals surface area contributed by atoms with Crippen molar-refractivity contribution in [2.24, 2.45) is 5.92 Å². The molecule has 0 aliphatic heterocycles. The highest BCUT2D eigenvalue weighted by atomic mass is 32.1. The normalized spacial score (nSPS) is 12.8. The third kappa shape index (κ3) is 2.30. The van der Waals surface area contributed by atoms with Crippen molar-refractivity contribution in [3.63, 3.8) is 0 Å². The summed E-state index contributed by atoms with van der Waals surface area (Å²) in [5.74, 6) is -0.976. The lowest BCUT2D eigenvalue weighted by Crippen LogP contribution is -2.14. The average Bonchev–Trinajstić information content (AvgIpc) is 2.51. The summed E-state index contributed by atoms with van der Waals surface area (Å²) in [5, 5.41) is 8.76. The predicted molar refractivity (Wildman–Crippen MR) is 47.2 cm³/mol. The Bertz CT molecular complexity index is 246. The summed E-state index contributed by atoms with van der Waals surface area (Å²) in [7, 11) is 0. The molecule has 1 N–H and O–H groups in total. The Balaban J connectivity index is 2.54. The van der Waals surface area contributed by atoms with Gasteiger partial charge in [0.05, 0.1) is 11.4 Å². The average molecular weight is 185 g/mol. The summed E-state index contributed by atoms with van der Waals surface area (Å²) in [5.41, 5.74) is 1.73. The van der Waals surface area contributed by atoms with E-state index in [1.54, 1.807) is 11.7 Å². The second-order valence-electron chi connectivity index (χ2n) is 2.62. The zero-order chi connectivity index (χ0) is 8.97. The van der Waals surface area contributed by atoms with Crippen molar-refractivity contribution in [1.29, 1.82) is 0 Å². The molecule has 1 unspecified atom stereocenters. The number of rotatable bonds is 4. The first-order valence-corrected chi connectivity index (χ1v) is 4.72. The van der Waals surface area contributed by atoms with E-state index in [0.717, 1.165) is 4.88 Å². The second kappa shape index (κ2) is 4.21. The molecule has 0 radical (unpaired) electrons. The molecule has 0 saturated heterocycles. The number of hydrogen-bond donors (Lipinski definition) is 1. The summed E-state index contributed by atoms with van der Waals surface area (Å²) in [4.78, 5) is 15.6. The maximum atomic E-state index is 10.6. The summed E-state index contributed by atoms with van der Waals surface area (Å²) in [6, 6.07) is 0. The highest BCUT2D eigenvalue weighted by Gasteiger charge is 2.15. The van der Waals surface area contributed by atoms with Crippen LogP contribution in [0.15, 0.2) is 11.7 Å². The molecule has 3 nitrogen and oxygen atoms in total. The van der Waals surface area contributed by atoms with Gasteiger partial charge in [-0.2, -0.15) is 0 Å². The number of carboxylic acids is 1. The molecule has 1 heterocycles. The number of thiazole rings is 1. The highest BCUT2D eigenvalue weighted by molar-refractivity contribution is 7.09. The van der Waals surface area contributed by atoms with Crippen molar-refractivity contribution in [3.8, 4) is 0 Å². The van der Waals surface area contributed by atoms with Crippen LogP contribution in [0.25, 0.3) is 0 Å². The fourth-order valence-corrected chi connectivity index (χ4v) is 1.67. The number of hydrogen-bond acceptors (Lipinski definition) is 3. The fraction of sp³-hybridized carbons (Fsp3) is 0.500. The third-order valence-electron chi connectivity index (χ3n) is 1.77. The van der Waals surface area contributed by atoms with Crippen LogP contribution in [0.2, 0.25) is 0 Å². The molecule has 0 aliphatic rings. The minimum atomic E-state index is -0.717. The van der Waals surface area contributed by atoms with Gasteiger partial charge in [0.2, 0.25) is 0 Å². The molecule has 0 saturated carbocycles. The Labute approximate surface area is 75.1 Å². The Morgan fingerprint density at radius 1 is 1.83 bits per heavy atom. The molecule has 1 rings (SSSR count). The van der Waals surface area contributed by atoms with Gasteiger partial charge < -0.3 is 5.11 Å². The van der Waals surface area contributed by atoms with E-state index in [4.69, 9.17) is 5.11 Å². The van der Waals surface area contributed by atoms with Crippen LogP contribution in [0.1, 0.15) is 18.2 Å². The van der Waals surface area contributed by atoms with E-state index in [2.05, 4.69) is 4.98 Å². The maximum absolute atomic E-state index is 10.6. The fourth-order valence-electron chi connectivity index (χ4n) is 0.992. The molecule has 0 bridgehead atoms. The Hall–Kier alpha value is -0.900. The molecule has 0 fully saturated rings. The lowest BCUT2D eigenvalue weighted by atomic mass is 10.0. The summed E-state index contributed by atoms with van der Waals surface area (Å²) < 4.78 is 0. The number of aliphatic carboxylic acids is 1. The zero-order valence-corrected chi connectivity index (χ0v) is 7.67. The van der Waals surface area contributed by atoms with Crippen molar-refractivity contribution in [3.05, 3.63) is 16.6 Å². The van der Waals surface area contributed by atoms with Gasteiger partial charge in [-0.3, -0.25) is 9.78 Å². The molecule has 66 valence electrons. The van der Waals surface area contributed by atoms with Crippen LogP contribution >= 0.6 is 11.3 Å². The SMILES string of the molecule is CCC(Cc1cncs1)C(=O)O. The van der Waals surface area contributed by atoms with Gasteiger partial charge in [0.25, 0.3) is 0 Å². The predicted octanol–water partition coefficient (Wildman–Crippen LogP) is 1.80. The lowest BCUT2D eigenvalue weighted by Gasteiger charge is -2.06. The van der Waals surface area contributed by atoms with E-state index in [9.17, 15) is 4.79 Å². The lowest BCUT2D eigenvalue weighted by molar-refractivity contribution is -0.141. The van der Waals surface area contributed by atoms with Gasteiger partial charge in [-0.05, 0) is 12.8 Å². The van der Waals surface area contributed by atoms with Gasteiger partial charge in [-0.1, -0.05) is 6.92 Å². The Morgan fingerprint density at radius 3 is 3.00 bits per heavy atom. The van der Waals surface area contributed by atoms with Crippen molar-refractivity contribution >= 4 is 17.3 Å². The topological polar surface area (TPSA) is 50.2 Å². The first-order valence-electron chi connectivity index (χ1n) is 3.84. The molecular weight excluding hydrogens is 174 g/mol. The van der Waals surface area contributed by atoms with Gasteiger partial charge in [0.1, 0.15) is 0 Å². The molecule has 0 aromatic carbocycles. The smallest absolute Gasteiger partial charge is 0.306 e. The van der Waals surface area contributed by atoms with Gasteiger partial charge in [-0.25, -0.2) is 0 Å². The quantitative estimate of drug-likeness (QED) is 0.778. The van der Waals surface area contributed by atoms with Crippen LogP contribution < -0.4 is 0 Å². The van der Waals surface area contributed by atoms with Gasteiger partial charge in [-0.15, -0.1) is 11.3 Å². The zero-order valence-electron chi connectivity index (χ0n) is 6.86. The van der Waals surface area contributed by atoms with E-state index in [1.165, 1.54) is 11.3 Å². The van der Waals surface area contributed by atoms with E-state index in [-0.39, 0.29) is 5.92 Å². The van der Waals surface area contributed by atoms with Crippen molar-refractivity contribution in [1.82, 2.24) is 4.98 Å². The molecule has 4 heteroatoms. The van der Waals surface area contributed by atoms with Crippen LogP contribution in [0.5, 0.6) is 0 Å². The third-order valence-corrected chi connectivity index (χ3v) is 2.58. The summed E-state index contributed by atoms with van der Waals surface area (Å²) in [6.07, 6.45) is 3.01. The maximum Gasteiger partial charge on any atom is 0.306 e. The summed E-state index contributed by atoms with van der Waals surface area (Å²) >= 11 is 1.51. The van der Waals surface area contributed by atoms with E-state index in [0.29, 0.717) is 12.8 Å². The Morgan fingerprint density at radius 2 is 2.58 bits per heavy atom. The van der Waals surface area contributed by atoms with Crippen molar-refractivity contribution in [2.75, 3.05) is 0 Å². The molecule has 0 amide bonds. The van der Waals surface area contributed by atoms with Crippen LogP contribution in [0, 0.1) is 5.92 Å². The number of aromatic nitrogens is 1. The van der Waals surface area contributed by atoms with E-state index < -0.39 is 5.97 Å². The van der Waals surface area contributed by atoms with Crippen LogP contribution in [-0.2, 0) is 11.2 Å². The van der Waals surface area contributed by atoms with E-state index in [1.807, 2.05) is 6.92 Å². The van der Waals surface area contributed by atoms with Gasteiger partial charge >= 0.3 is 5.97 Å². The minimum absolute atomic E-state index is 0.259. The number of nitrogens with zero attached hydrogens (tertiary/aromatic N) is 1. The summed E-state index contributed by atoms with van der Waals surface area (Å²) in [6.45, 7) is 1.89. The molecule has 0 aliphatic carbocycles. The van der Waals surface area contributed by atoms with Crippen LogP contribution in [0.4, 0.5) is 0 Å². The molecular formula is C8H11NO2S. The standard InChI is InChI=1S/C8H11NO2S/c1-2-6(8(10)11)3-7-4-9-5-12-7/h4-6H,2-3H2,1H3,(H,10,11). The number of carbonyl (C=O) groups is 1. The molecule has 0 spiro atoms. The Kier molecular flexibility index (Phi) is 3.22. The molecule has 1 aromatic rings. The van der Waals surface area contributed by atoms with Crippen molar-refractivity contribution < 1.29 is 9.90 Å². The number of carboxylic acid groups (broad SMARTS) is 1. The molecule has 1 atom stereocenters. The first-order chi connectivity index (χ1) is 5.74.